The number of anilines is 1. The Bertz CT molecular complexity index is 1170. The number of hydrogen-bond donors (Lipinski definition) is 1. The van der Waals surface area contributed by atoms with Gasteiger partial charge in [0, 0.05) is 44.8 Å². The smallest absolute Gasteiger partial charge is 0.135 e. The van der Waals surface area contributed by atoms with Crippen molar-refractivity contribution in [2.24, 2.45) is 0 Å². The number of aryl methyl sites for hydroxylation is 1. The molecule has 0 saturated carbocycles. The molecule has 1 aliphatic heterocycles. The number of aromatic nitrogens is 2. The van der Waals surface area contributed by atoms with Gasteiger partial charge in [0.2, 0.25) is 0 Å². The first kappa shape index (κ1) is 21.4. The minimum Gasteiger partial charge on any atom is -0.383 e. The predicted molar refractivity (Wildman–Crippen MR) is 135 cm³/mol. The Kier molecular flexibility index (Phi) is 6.24. The first-order valence-corrected chi connectivity index (χ1v) is 11.7. The van der Waals surface area contributed by atoms with E-state index in [9.17, 15) is 0 Å². The van der Waals surface area contributed by atoms with Crippen LogP contribution in [0.5, 0.6) is 0 Å². The molecule has 5 rings (SSSR count). The molecule has 1 aromatic heterocycles. The quantitative estimate of drug-likeness (QED) is 0.473. The van der Waals surface area contributed by atoms with Gasteiger partial charge in [0.1, 0.15) is 5.82 Å². The predicted octanol–water partition coefficient (Wildman–Crippen LogP) is 4.75. The van der Waals surface area contributed by atoms with E-state index in [4.69, 9.17) is 10.8 Å². The molecule has 1 aliphatic rings. The lowest BCUT2D eigenvalue weighted by atomic mass is 10.0. The molecule has 4 aromatic rings. The molecular weight excluding hydrogens is 406 g/mol. The standard InChI is InChI=1S/C28H31N5/c1-22-12-14-25(15-13-22)33-28(29)27(24-10-6-3-7-11-24)26(30-33)21-32-18-16-31(17-19-32)20-23-8-4-2-5-9-23/h2-15H,16-21,29H2,1H3. The average Bonchev–Trinajstić information content (AvgIpc) is 3.17. The molecule has 0 spiro atoms. The van der Waals surface area contributed by atoms with Crippen LogP contribution >= 0.6 is 0 Å². The highest BCUT2D eigenvalue weighted by molar-refractivity contribution is 5.77. The van der Waals surface area contributed by atoms with Crippen molar-refractivity contribution in [1.29, 1.82) is 0 Å². The van der Waals surface area contributed by atoms with Crippen molar-refractivity contribution in [2.45, 2.75) is 20.0 Å². The summed E-state index contributed by atoms with van der Waals surface area (Å²) >= 11 is 0. The maximum atomic E-state index is 6.69. The van der Waals surface area contributed by atoms with E-state index < -0.39 is 0 Å². The Hall–Kier alpha value is -3.41. The zero-order valence-electron chi connectivity index (χ0n) is 19.2. The summed E-state index contributed by atoms with van der Waals surface area (Å²) in [5.74, 6) is 0.697. The van der Waals surface area contributed by atoms with Gasteiger partial charge < -0.3 is 5.73 Å². The van der Waals surface area contributed by atoms with E-state index >= 15 is 0 Å². The van der Waals surface area contributed by atoms with E-state index in [1.165, 1.54) is 11.1 Å². The number of rotatable bonds is 6. The summed E-state index contributed by atoms with van der Waals surface area (Å²) in [5, 5.41) is 5.00. The van der Waals surface area contributed by atoms with E-state index in [2.05, 4.69) is 95.6 Å². The van der Waals surface area contributed by atoms with Crippen LogP contribution in [0, 0.1) is 6.92 Å². The fraction of sp³-hybridized carbons (Fsp3) is 0.250. The summed E-state index contributed by atoms with van der Waals surface area (Å²) in [5.41, 5.74) is 13.5. The second kappa shape index (κ2) is 9.61. The lowest BCUT2D eigenvalue weighted by Gasteiger charge is -2.34. The Labute approximate surface area is 196 Å². The molecule has 0 aliphatic carbocycles. The van der Waals surface area contributed by atoms with Crippen LogP contribution < -0.4 is 5.73 Å². The van der Waals surface area contributed by atoms with Crippen LogP contribution in [-0.4, -0.2) is 45.8 Å². The summed E-state index contributed by atoms with van der Waals surface area (Å²) in [4.78, 5) is 5.03. The van der Waals surface area contributed by atoms with E-state index in [0.717, 1.165) is 61.8 Å². The van der Waals surface area contributed by atoms with Crippen LogP contribution in [0.15, 0.2) is 84.9 Å². The third-order valence-corrected chi connectivity index (χ3v) is 6.42. The molecule has 5 heteroatoms. The Morgan fingerprint density at radius 1 is 0.727 bits per heavy atom. The second-order valence-corrected chi connectivity index (χ2v) is 8.86. The number of nitrogens with zero attached hydrogens (tertiary/aromatic N) is 4. The number of nitrogen functional groups attached to an aromatic ring is 1. The van der Waals surface area contributed by atoms with Gasteiger partial charge in [-0.15, -0.1) is 0 Å². The molecule has 0 atom stereocenters. The van der Waals surface area contributed by atoms with Gasteiger partial charge in [-0.1, -0.05) is 78.4 Å². The first-order valence-electron chi connectivity index (χ1n) is 11.7. The molecule has 5 nitrogen and oxygen atoms in total. The van der Waals surface area contributed by atoms with Gasteiger partial charge in [-0.25, -0.2) is 4.68 Å². The molecule has 2 heterocycles. The van der Waals surface area contributed by atoms with Gasteiger partial charge in [-0.05, 0) is 30.2 Å². The van der Waals surface area contributed by atoms with Crippen molar-refractivity contribution >= 4 is 5.82 Å². The van der Waals surface area contributed by atoms with Crippen LogP contribution in [0.4, 0.5) is 5.82 Å². The van der Waals surface area contributed by atoms with Crippen molar-refractivity contribution < 1.29 is 0 Å². The van der Waals surface area contributed by atoms with Gasteiger partial charge in [-0.2, -0.15) is 5.10 Å². The fourth-order valence-electron chi connectivity index (χ4n) is 4.55. The molecule has 0 unspecified atom stereocenters. The first-order chi connectivity index (χ1) is 16.2. The van der Waals surface area contributed by atoms with Crippen molar-refractivity contribution in [3.63, 3.8) is 0 Å². The molecular formula is C28H31N5. The van der Waals surface area contributed by atoms with Gasteiger partial charge >= 0.3 is 0 Å². The van der Waals surface area contributed by atoms with Gasteiger partial charge in [0.05, 0.1) is 11.4 Å². The molecule has 168 valence electrons. The number of benzene rings is 3. The third-order valence-electron chi connectivity index (χ3n) is 6.42. The maximum absolute atomic E-state index is 6.69. The Morgan fingerprint density at radius 3 is 1.94 bits per heavy atom. The molecule has 0 bridgehead atoms. The van der Waals surface area contributed by atoms with Crippen molar-refractivity contribution in [1.82, 2.24) is 19.6 Å². The molecule has 1 fully saturated rings. The molecule has 3 aromatic carbocycles. The topological polar surface area (TPSA) is 50.3 Å². The monoisotopic (exact) mass is 437 g/mol. The van der Waals surface area contributed by atoms with Crippen molar-refractivity contribution in [3.8, 4) is 16.8 Å². The summed E-state index contributed by atoms with van der Waals surface area (Å²) in [6, 6.07) is 29.5. The number of nitrogens with two attached hydrogens (primary N) is 1. The normalized spacial score (nSPS) is 15.1. The average molecular weight is 438 g/mol. The van der Waals surface area contributed by atoms with Crippen LogP contribution in [-0.2, 0) is 13.1 Å². The summed E-state index contributed by atoms with van der Waals surface area (Å²) in [6.45, 7) is 8.07. The van der Waals surface area contributed by atoms with E-state index in [0.29, 0.717) is 5.82 Å². The van der Waals surface area contributed by atoms with Crippen molar-refractivity contribution in [2.75, 3.05) is 31.9 Å². The van der Waals surface area contributed by atoms with Crippen molar-refractivity contribution in [3.05, 3.63) is 102 Å². The lowest BCUT2D eigenvalue weighted by Crippen LogP contribution is -2.45. The largest absolute Gasteiger partial charge is 0.383 e. The van der Waals surface area contributed by atoms with Crippen LogP contribution in [0.3, 0.4) is 0 Å². The highest BCUT2D eigenvalue weighted by Crippen LogP contribution is 2.32. The molecule has 0 amide bonds. The molecule has 33 heavy (non-hydrogen) atoms. The van der Waals surface area contributed by atoms with Crippen LogP contribution in [0.1, 0.15) is 16.8 Å². The van der Waals surface area contributed by atoms with Crippen LogP contribution in [0.2, 0.25) is 0 Å². The van der Waals surface area contributed by atoms with Crippen LogP contribution in [0.25, 0.3) is 16.8 Å². The Morgan fingerprint density at radius 2 is 1.30 bits per heavy atom. The summed E-state index contributed by atoms with van der Waals surface area (Å²) in [6.07, 6.45) is 0. The second-order valence-electron chi connectivity index (χ2n) is 8.86. The maximum Gasteiger partial charge on any atom is 0.135 e. The van der Waals surface area contributed by atoms with E-state index in [1.807, 2.05) is 10.7 Å². The highest BCUT2D eigenvalue weighted by atomic mass is 15.3. The molecule has 2 N–H and O–H groups in total. The van der Waals surface area contributed by atoms with Gasteiger partial charge in [0.15, 0.2) is 0 Å². The zero-order chi connectivity index (χ0) is 22.6. The summed E-state index contributed by atoms with van der Waals surface area (Å²) < 4.78 is 1.89. The molecule has 1 saturated heterocycles. The van der Waals surface area contributed by atoms with Gasteiger partial charge in [0.25, 0.3) is 0 Å². The van der Waals surface area contributed by atoms with E-state index in [1.54, 1.807) is 0 Å². The minimum absolute atomic E-state index is 0.697. The van der Waals surface area contributed by atoms with E-state index in [-0.39, 0.29) is 0 Å². The third kappa shape index (κ3) is 4.85. The minimum atomic E-state index is 0.697. The SMILES string of the molecule is Cc1ccc(-n2nc(CN3CCN(Cc4ccccc4)CC3)c(-c3ccccc3)c2N)cc1. The summed E-state index contributed by atoms with van der Waals surface area (Å²) in [7, 11) is 0. The number of hydrogen-bond acceptors (Lipinski definition) is 4. The Balaban J connectivity index is 1.36. The lowest BCUT2D eigenvalue weighted by molar-refractivity contribution is 0.121. The zero-order valence-corrected chi connectivity index (χ0v) is 19.2. The highest BCUT2D eigenvalue weighted by Gasteiger charge is 2.23. The molecule has 0 radical (unpaired) electrons. The van der Waals surface area contributed by atoms with Gasteiger partial charge in [-0.3, -0.25) is 9.80 Å². The number of piperazine rings is 1. The fourth-order valence-corrected chi connectivity index (χ4v) is 4.55.